The van der Waals surface area contributed by atoms with Gasteiger partial charge < -0.3 is 15.8 Å². The molecule has 0 amide bonds. The molecular weight excluding hydrogens is 264 g/mol. The van der Waals surface area contributed by atoms with Crippen LogP contribution < -0.4 is 15.8 Å². The normalized spacial score (nSPS) is 14.8. The van der Waals surface area contributed by atoms with Crippen molar-refractivity contribution in [2.24, 2.45) is 5.73 Å². The zero-order valence-electron chi connectivity index (χ0n) is 12.4. The van der Waals surface area contributed by atoms with Crippen LogP contribution in [0.5, 0.6) is 5.75 Å². The van der Waals surface area contributed by atoms with Crippen molar-refractivity contribution in [3.8, 4) is 11.4 Å². The maximum Gasteiger partial charge on any atom is 0.144 e. The van der Waals surface area contributed by atoms with Crippen molar-refractivity contribution in [2.75, 3.05) is 25.5 Å². The highest BCUT2D eigenvalue weighted by atomic mass is 16.5. The highest BCUT2D eigenvalue weighted by molar-refractivity contribution is 5.55. The van der Waals surface area contributed by atoms with Gasteiger partial charge in [-0.3, -0.25) is 0 Å². The topological polar surface area (TPSA) is 65.1 Å². The molecule has 0 unspecified atom stereocenters. The first kappa shape index (κ1) is 13.9. The Labute approximate surface area is 125 Å². The standard InChI is InChI=1S/C16H22N4O/c1-21-15-8-3-2-7-14(15)20-16(12-5-4-6-12)13(11-19-20)18-10-9-17/h2-3,7-8,11-12,18H,4-6,9-10,17H2,1H3. The molecule has 21 heavy (non-hydrogen) atoms. The van der Waals surface area contributed by atoms with E-state index < -0.39 is 0 Å². The summed E-state index contributed by atoms with van der Waals surface area (Å²) in [5.74, 6) is 1.41. The molecule has 5 nitrogen and oxygen atoms in total. The van der Waals surface area contributed by atoms with Crippen LogP contribution in [0.4, 0.5) is 5.69 Å². The number of rotatable bonds is 6. The Morgan fingerprint density at radius 3 is 2.86 bits per heavy atom. The Hall–Kier alpha value is -2.01. The summed E-state index contributed by atoms with van der Waals surface area (Å²) >= 11 is 0. The molecule has 0 atom stereocenters. The van der Waals surface area contributed by atoms with Gasteiger partial charge in [-0.2, -0.15) is 5.10 Å². The third-order valence-corrected chi connectivity index (χ3v) is 4.07. The molecule has 5 heteroatoms. The average molecular weight is 286 g/mol. The second-order valence-corrected chi connectivity index (χ2v) is 5.37. The van der Waals surface area contributed by atoms with Crippen molar-refractivity contribution < 1.29 is 4.74 Å². The number of aromatic nitrogens is 2. The summed E-state index contributed by atoms with van der Waals surface area (Å²) in [4.78, 5) is 0. The summed E-state index contributed by atoms with van der Waals surface area (Å²) in [6.45, 7) is 1.38. The van der Waals surface area contributed by atoms with Crippen LogP contribution in [0.3, 0.4) is 0 Å². The second-order valence-electron chi connectivity index (χ2n) is 5.37. The van der Waals surface area contributed by atoms with Crippen LogP contribution in [0.15, 0.2) is 30.5 Å². The van der Waals surface area contributed by atoms with E-state index in [1.54, 1.807) is 7.11 Å². The predicted molar refractivity (Wildman–Crippen MR) is 84.3 cm³/mol. The van der Waals surface area contributed by atoms with Crippen molar-refractivity contribution in [2.45, 2.75) is 25.2 Å². The van der Waals surface area contributed by atoms with Gasteiger partial charge >= 0.3 is 0 Å². The molecule has 1 fully saturated rings. The summed E-state index contributed by atoms with van der Waals surface area (Å²) in [6, 6.07) is 7.99. The van der Waals surface area contributed by atoms with Gasteiger partial charge in [-0.1, -0.05) is 18.6 Å². The van der Waals surface area contributed by atoms with Gasteiger partial charge in [0, 0.05) is 19.0 Å². The van der Waals surface area contributed by atoms with Gasteiger partial charge in [0.05, 0.1) is 24.7 Å². The first-order valence-electron chi connectivity index (χ1n) is 7.50. The van der Waals surface area contributed by atoms with Crippen LogP contribution in [0.1, 0.15) is 30.9 Å². The molecule has 3 rings (SSSR count). The lowest BCUT2D eigenvalue weighted by Gasteiger charge is -2.28. The van der Waals surface area contributed by atoms with Crippen molar-refractivity contribution in [1.29, 1.82) is 0 Å². The Bertz CT molecular complexity index is 604. The molecule has 1 heterocycles. The van der Waals surface area contributed by atoms with Crippen LogP contribution in [-0.4, -0.2) is 30.0 Å². The van der Waals surface area contributed by atoms with E-state index in [2.05, 4.69) is 10.4 Å². The molecule has 2 aromatic rings. The number of benzene rings is 1. The summed E-state index contributed by atoms with van der Waals surface area (Å²) in [5, 5.41) is 7.97. The van der Waals surface area contributed by atoms with E-state index >= 15 is 0 Å². The first-order chi connectivity index (χ1) is 10.3. The van der Waals surface area contributed by atoms with E-state index in [1.807, 2.05) is 35.1 Å². The Kier molecular flexibility index (Phi) is 4.10. The minimum atomic E-state index is 0.567. The molecule has 1 aliphatic rings. The molecule has 1 aliphatic carbocycles. The molecule has 3 N–H and O–H groups in total. The molecule has 1 saturated carbocycles. The van der Waals surface area contributed by atoms with E-state index in [0.717, 1.165) is 23.7 Å². The fraction of sp³-hybridized carbons (Fsp3) is 0.438. The zero-order chi connectivity index (χ0) is 14.7. The van der Waals surface area contributed by atoms with E-state index in [0.29, 0.717) is 12.5 Å². The van der Waals surface area contributed by atoms with E-state index in [4.69, 9.17) is 10.5 Å². The van der Waals surface area contributed by atoms with Gasteiger partial charge in [0.2, 0.25) is 0 Å². The van der Waals surface area contributed by atoms with Crippen molar-refractivity contribution in [3.63, 3.8) is 0 Å². The van der Waals surface area contributed by atoms with Gasteiger partial charge in [0.1, 0.15) is 11.4 Å². The summed E-state index contributed by atoms with van der Waals surface area (Å²) in [5.41, 5.74) is 8.93. The third-order valence-electron chi connectivity index (χ3n) is 4.07. The highest BCUT2D eigenvalue weighted by Crippen LogP contribution is 2.41. The lowest BCUT2D eigenvalue weighted by Crippen LogP contribution is -2.18. The van der Waals surface area contributed by atoms with Crippen molar-refractivity contribution in [3.05, 3.63) is 36.2 Å². The molecule has 0 aliphatic heterocycles. The Morgan fingerprint density at radius 1 is 1.38 bits per heavy atom. The summed E-state index contributed by atoms with van der Waals surface area (Å²) < 4.78 is 7.49. The number of methoxy groups -OCH3 is 1. The lowest BCUT2D eigenvalue weighted by atomic mass is 9.82. The number of nitrogens with zero attached hydrogens (tertiary/aromatic N) is 2. The maximum atomic E-state index is 5.60. The zero-order valence-corrected chi connectivity index (χ0v) is 12.4. The Morgan fingerprint density at radius 2 is 2.19 bits per heavy atom. The van der Waals surface area contributed by atoms with Crippen molar-refractivity contribution in [1.82, 2.24) is 9.78 Å². The number of ether oxygens (including phenoxy) is 1. The number of hydrogen-bond donors (Lipinski definition) is 2. The number of nitrogens with one attached hydrogen (secondary N) is 1. The first-order valence-corrected chi connectivity index (χ1v) is 7.50. The van der Waals surface area contributed by atoms with Crippen LogP contribution in [0.25, 0.3) is 5.69 Å². The van der Waals surface area contributed by atoms with Gasteiger partial charge in [0.25, 0.3) is 0 Å². The maximum absolute atomic E-state index is 5.60. The van der Waals surface area contributed by atoms with E-state index in [1.165, 1.54) is 25.0 Å². The molecule has 1 aromatic carbocycles. The molecule has 0 bridgehead atoms. The number of nitrogens with two attached hydrogens (primary N) is 1. The average Bonchev–Trinajstić information content (AvgIpc) is 2.87. The Balaban J connectivity index is 2.03. The van der Waals surface area contributed by atoms with Gasteiger partial charge in [-0.15, -0.1) is 0 Å². The monoisotopic (exact) mass is 286 g/mol. The molecule has 1 aromatic heterocycles. The van der Waals surface area contributed by atoms with Gasteiger partial charge in [0.15, 0.2) is 0 Å². The molecular formula is C16H22N4O. The van der Waals surface area contributed by atoms with Gasteiger partial charge in [-0.05, 0) is 25.0 Å². The quantitative estimate of drug-likeness (QED) is 0.856. The number of para-hydroxylation sites is 2. The largest absolute Gasteiger partial charge is 0.494 e. The highest BCUT2D eigenvalue weighted by Gasteiger charge is 2.27. The van der Waals surface area contributed by atoms with E-state index in [-0.39, 0.29) is 0 Å². The van der Waals surface area contributed by atoms with Crippen molar-refractivity contribution >= 4 is 5.69 Å². The van der Waals surface area contributed by atoms with Gasteiger partial charge in [-0.25, -0.2) is 4.68 Å². The fourth-order valence-corrected chi connectivity index (χ4v) is 2.77. The molecule has 0 radical (unpaired) electrons. The minimum absolute atomic E-state index is 0.567. The lowest BCUT2D eigenvalue weighted by molar-refractivity contribution is 0.395. The van der Waals surface area contributed by atoms with Crippen LogP contribution in [0.2, 0.25) is 0 Å². The fourth-order valence-electron chi connectivity index (χ4n) is 2.77. The third kappa shape index (κ3) is 2.61. The smallest absolute Gasteiger partial charge is 0.144 e. The van der Waals surface area contributed by atoms with Crippen LogP contribution in [-0.2, 0) is 0 Å². The minimum Gasteiger partial charge on any atom is -0.494 e. The van der Waals surface area contributed by atoms with E-state index in [9.17, 15) is 0 Å². The molecule has 0 spiro atoms. The molecule has 0 saturated heterocycles. The summed E-state index contributed by atoms with van der Waals surface area (Å²) in [7, 11) is 1.69. The predicted octanol–water partition coefficient (Wildman–Crippen LogP) is 2.52. The number of anilines is 1. The van der Waals surface area contributed by atoms with Crippen LogP contribution >= 0.6 is 0 Å². The molecule has 112 valence electrons. The summed E-state index contributed by atoms with van der Waals surface area (Å²) in [6.07, 6.45) is 5.63. The SMILES string of the molecule is COc1ccccc1-n1ncc(NCCN)c1C1CCC1. The van der Waals surface area contributed by atoms with Crippen LogP contribution in [0, 0.1) is 0 Å². The second kappa shape index (κ2) is 6.18. The number of hydrogen-bond acceptors (Lipinski definition) is 4.